The number of esters is 1. The fourth-order valence-corrected chi connectivity index (χ4v) is 2.65. The number of urea groups is 1. The molecule has 0 aliphatic carbocycles. The van der Waals surface area contributed by atoms with E-state index >= 15 is 0 Å². The second-order valence-electron chi connectivity index (χ2n) is 8.52. The summed E-state index contributed by atoms with van der Waals surface area (Å²) in [4.78, 5) is 51.1. The first-order chi connectivity index (χ1) is 13.2. The second-order valence-corrected chi connectivity index (χ2v) is 8.52. The Hall–Kier alpha value is -2.97. The lowest BCUT2D eigenvalue weighted by Crippen LogP contribution is -2.46. The van der Waals surface area contributed by atoms with E-state index in [1.54, 1.807) is 39.0 Å². The fourth-order valence-electron chi connectivity index (χ4n) is 2.65. The summed E-state index contributed by atoms with van der Waals surface area (Å²) >= 11 is 0. The maximum absolute atomic E-state index is 14.8. The molecule has 8 nitrogen and oxygen atoms in total. The Balaban J connectivity index is 2.43. The van der Waals surface area contributed by atoms with Gasteiger partial charge in [-0.05, 0) is 47.1 Å². The fraction of sp³-hybridized carbons (Fsp3) is 0.500. The molecule has 2 rings (SSSR count). The smallest absolute Gasteiger partial charge is 0.419 e. The van der Waals surface area contributed by atoms with E-state index in [0.717, 1.165) is 0 Å². The average molecular weight is 408 g/mol. The van der Waals surface area contributed by atoms with Crippen molar-refractivity contribution in [1.29, 1.82) is 0 Å². The van der Waals surface area contributed by atoms with Crippen molar-refractivity contribution in [3.63, 3.8) is 0 Å². The van der Waals surface area contributed by atoms with Gasteiger partial charge in [0.25, 0.3) is 12.2 Å². The van der Waals surface area contributed by atoms with Gasteiger partial charge in [0, 0.05) is 0 Å². The molecule has 0 N–H and O–H groups in total. The molecule has 2 unspecified atom stereocenters. The topological polar surface area (TPSA) is 93.2 Å². The minimum atomic E-state index is -2.70. The van der Waals surface area contributed by atoms with Gasteiger partial charge in [0.1, 0.15) is 17.2 Å². The number of hydrogen-bond donors (Lipinski definition) is 0. The Bertz CT molecular complexity index is 813. The maximum atomic E-state index is 14.8. The molecular formula is C20H25FN2O6. The SMILES string of the molecule is CC(C)(C)OC(=O)C(F)N1C(=O)C(c2ccccc2)N(C(=O)OC(C)(C)C)C1=O. The summed E-state index contributed by atoms with van der Waals surface area (Å²) in [5.41, 5.74) is -1.72. The number of nitrogens with zero attached hydrogens (tertiary/aromatic N) is 2. The van der Waals surface area contributed by atoms with Gasteiger partial charge < -0.3 is 9.47 Å². The summed E-state index contributed by atoms with van der Waals surface area (Å²) in [6, 6.07) is 5.15. The number of carbonyl (C=O) groups excluding carboxylic acids is 4. The number of halogens is 1. The van der Waals surface area contributed by atoms with E-state index in [1.807, 2.05) is 0 Å². The Labute approximate surface area is 168 Å². The van der Waals surface area contributed by atoms with Gasteiger partial charge in [-0.3, -0.25) is 4.79 Å². The normalized spacial score (nSPS) is 18.7. The highest BCUT2D eigenvalue weighted by molar-refractivity contribution is 6.12. The third kappa shape index (κ3) is 5.10. The lowest BCUT2D eigenvalue weighted by atomic mass is 10.1. The molecule has 0 bridgehead atoms. The number of alkyl halides is 1. The highest BCUT2D eigenvalue weighted by Gasteiger charge is 2.55. The van der Waals surface area contributed by atoms with Crippen LogP contribution in [0.15, 0.2) is 30.3 Å². The predicted octanol–water partition coefficient (Wildman–Crippen LogP) is 3.56. The quantitative estimate of drug-likeness (QED) is 0.431. The van der Waals surface area contributed by atoms with Crippen LogP contribution in [-0.2, 0) is 19.1 Å². The standard InChI is InChI=1S/C20H25FN2O6/c1-19(2,3)28-16(25)14(21)23-15(24)13(12-10-8-7-9-11-12)22(17(23)26)18(27)29-20(4,5)6/h7-11,13-14H,1-6H3. The van der Waals surface area contributed by atoms with E-state index in [-0.39, 0.29) is 10.5 Å². The molecule has 158 valence electrons. The van der Waals surface area contributed by atoms with Crippen LogP contribution < -0.4 is 0 Å². The number of ether oxygens (including phenoxy) is 2. The van der Waals surface area contributed by atoms with Crippen LogP contribution in [0.5, 0.6) is 0 Å². The van der Waals surface area contributed by atoms with E-state index in [2.05, 4.69) is 0 Å². The van der Waals surface area contributed by atoms with Gasteiger partial charge in [-0.25, -0.2) is 28.6 Å². The van der Waals surface area contributed by atoms with Crippen molar-refractivity contribution >= 4 is 24.0 Å². The van der Waals surface area contributed by atoms with Crippen LogP contribution >= 0.6 is 0 Å². The van der Waals surface area contributed by atoms with Crippen LogP contribution in [-0.4, -0.2) is 51.3 Å². The maximum Gasteiger partial charge on any atom is 0.419 e. The van der Waals surface area contributed by atoms with Crippen molar-refractivity contribution in [1.82, 2.24) is 9.80 Å². The summed E-state index contributed by atoms with van der Waals surface area (Å²) in [5, 5.41) is 0. The lowest BCUT2D eigenvalue weighted by molar-refractivity contribution is -0.169. The monoisotopic (exact) mass is 408 g/mol. The molecule has 1 aromatic carbocycles. The van der Waals surface area contributed by atoms with Gasteiger partial charge in [0.2, 0.25) is 0 Å². The third-order valence-electron chi connectivity index (χ3n) is 3.68. The zero-order valence-electron chi connectivity index (χ0n) is 17.3. The molecule has 29 heavy (non-hydrogen) atoms. The minimum Gasteiger partial charge on any atom is -0.456 e. The number of benzene rings is 1. The highest BCUT2D eigenvalue weighted by atomic mass is 19.1. The van der Waals surface area contributed by atoms with Crippen molar-refractivity contribution in [3.8, 4) is 0 Å². The van der Waals surface area contributed by atoms with Crippen molar-refractivity contribution in [3.05, 3.63) is 35.9 Å². The van der Waals surface area contributed by atoms with Gasteiger partial charge in [-0.15, -0.1) is 0 Å². The van der Waals surface area contributed by atoms with Crippen molar-refractivity contribution < 1.29 is 33.0 Å². The van der Waals surface area contributed by atoms with E-state index < -0.39 is 47.5 Å². The molecule has 1 aliphatic heterocycles. The summed E-state index contributed by atoms with van der Waals surface area (Å²) in [7, 11) is 0. The van der Waals surface area contributed by atoms with Crippen molar-refractivity contribution in [2.24, 2.45) is 0 Å². The van der Waals surface area contributed by atoms with Crippen LogP contribution in [0.4, 0.5) is 14.0 Å². The molecule has 1 fully saturated rings. The molecule has 9 heteroatoms. The molecule has 1 aromatic rings. The Morgan fingerprint density at radius 3 is 1.97 bits per heavy atom. The molecule has 4 amide bonds. The summed E-state index contributed by atoms with van der Waals surface area (Å²) in [5.74, 6) is -2.47. The first-order valence-corrected chi connectivity index (χ1v) is 9.04. The van der Waals surface area contributed by atoms with Crippen LogP contribution in [0, 0.1) is 0 Å². The minimum absolute atomic E-state index is 0.0929. The number of carbonyl (C=O) groups is 4. The summed E-state index contributed by atoms with van der Waals surface area (Å²) < 4.78 is 25.0. The third-order valence-corrected chi connectivity index (χ3v) is 3.68. The highest BCUT2D eigenvalue weighted by Crippen LogP contribution is 2.34. The number of amides is 4. The molecule has 0 spiro atoms. The summed E-state index contributed by atoms with van der Waals surface area (Å²) in [6.07, 6.45) is -3.82. The van der Waals surface area contributed by atoms with Gasteiger partial charge in [0.15, 0.2) is 0 Å². The van der Waals surface area contributed by atoms with E-state index in [0.29, 0.717) is 4.90 Å². The molecule has 0 radical (unpaired) electrons. The average Bonchev–Trinajstić information content (AvgIpc) is 2.82. The number of imide groups is 2. The predicted molar refractivity (Wildman–Crippen MR) is 100 cm³/mol. The van der Waals surface area contributed by atoms with Crippen molar-refractivity contribution in [2.45, 2.75) is 65.1 Å². The van der Waals surface area contributed by atoms with Crippen LogP contribution in [0.1, 0.15) is 53.1 Å². The molecule has 1 saturated heterocycles. The van der Waals surface area contributed by atoms with Crippen LogP contribution in [0.2, 0.25) is 0 Å². The largest absolute Gasteiger partial charge is 0.456 e. The van der Waals surface area contributed by atoms with E-state index in [4.69, 9.17) is 9.47 Å². The van der Waals surface area contributed by atoms with Crippen LogP contribution in [0.25, 0.3) is 0 Å². The first-order valence-electron chi connectivity index (χ1n) is 9.04. The lowest BCUT2D eigenvalue weighted by Gasteiger charge is -2.26. The number of hydrogen-bond acceptors (Lipinski definition) is 6. The van der Waals surface area contributed by atoms with E-state index in [1.165, 1.54) is 32.9 Å². The zero-order chi connectivity index (χ0) is 22.1. The Morgan fingerprint density at radius 2 is 1.48 bits per heavy atom. The zero-order valence-corrected chi connectivity index (χ0v) is 17.3. The van der Waals surface area contributed by atoms with Gasteiger partial charge in [0.05, 0.1) is 0 Å². The molecule has 0 aromatic heterocycles. The van der Waals surface area contributed by atoms with Gasteiger partial charge in [-0.2, -0.15) is 0 Å². The van der Waals surface area contributed by atoms with Gasteiger partial charge >= 0.3 is 18.1 Å². The Morgan fingerprint density at radius 1 is 0.966 bits per heavy atom. The molecule has 0 saturated carbocycles. The van der Waals surface area contributed by atoms with E-state index in [9.17, 15) is 23.6 Å². The first kappa shape index (κ1) is 22.3. The second kappa shape index (κ2) is 7.81. The van der Waals surface area contributed by atoms with Gasteiger partial charge in [-0.1, -0.05) is 30.3 Å². The van der Waals surface area contributed by atoms with Crippen LogP contribution in [0.3, 0.4) is 0 Å². The number of rotatable bonds is 3. The molecular weight excluding hydrogens is 383 g/mol. The summed E-state index contributed by atoms with van der Waals surface area (Å²) in [6.45, 7) is 9.31. The molecule has 2 atom stereocenters. The Kier molecular flexibility index (Phi) is 6.01. The molecule has 1 heterocycles. The van der Waals surface area contributed by atoms with Crippen molar-refractivity contribution in [2.75, 3.05) is 0 Å². The molecule has 1 aliphatic rings.